The lowest BCUT2D eigenvalue weighted by Crippen LogP contribution is -2.29. The molecule has 116 valence electrons. The second-order valence-corrected chi connectivity index (χ2v) is 6.24. The maximum atomic E-state index is 5.94. The fraction of sp³-hybridized carbons (Fsp3) is 0.667. The molecular weight excluding hydrogens is 262 g/mol. The Morgan fingerprint density at radius 1 is 1.14 bits per heavy atom. The van der Waals surface area contributed by atoms with E-state index in [-0.39, 0.29) is 0 Å². The monoisotopic (exact) mass is 289 g/mol. The molecule has 0 radical (unpaired) electrons. The Hall–Kier alpha value is -1.06. The maximum Gasteiger partial charge on any atom is 0.119 e. The maximum absolute atomic E-state index is 5.94. The summed E-state index contributed by atoms with van der Waals surface area (Å²) in [7, 11) is 1.74. The molecule has 1 saturated carbocycles. The number of hydrogen-bond acceptors (Lipinski definition) is 3. The predicted octanol–water partition coefficient (Wildman–Crippen LogP) is 3.62. The van der Waals surface area contributed by atoms with Crippen LogP contribution >= 0.6 is 0 Å². The highest BCUT2D eigenvalue weighted by Gasteiger charge is 2.20. The van der Waals surface area contributed by atoms with Crippen LogP contribution in [-0.2, 0) is 11.2 Å². The Morgan fingerprint density at radius 3 is 2.81 bits per heavy atom. The number of aryl methyl sites for hydroxylation is 1. The lowest BCUT2D eigenvalue weighted by Gasteiger charge is -2.27. The molecule has 0 aliphatic heterocycles. The van der Waals surface area contributed by atoms with Crippen LogP contribution in [0.3, 0.4) is 0 Å². The van der Waals surface area contributed by atoms with Crippen LogP contribution in [0.2, 0.25) is 0 Å². The van der Waals surface area contributed by atoms with Crippen LogP contribution in [0.5, 0.6) is 5.75 Å². The number of fused-ring (bicyclic) bond motifs is 1. The summed E-state index contributed by atoms with van der Waals surface area (Å²) in [4.78, 5) is 0. The number of methoxy groups -OCH3 is 1. The van der Waals surface area contributed by atoms with Crippen LogP contribution in [0.25, 0.3) is 0 Å². The number of benzene rings is 1. The van der Waals surface area contributed by atoms with E-state index in [1.165, 1.54) is 56.1 Å². The molecule has 1 aromatic rings. The highest BCUT2D eigenvalue weighted by molar-refractivity contribution is 5.39. The van der Waals surface area contributed by atoms with E-state index in [0.29, 0.717) is 12.1 Å². The highest BCUT2D eigenvalue weighted by atomic mass is 16.5. The fourth-order valence-corrected chi connectivity index (χ4v) is 3.64. The Bertz CT molecular complexity index is 455. The van der Waals surface area contributed by atoms with E-state index >= 15 is 0 Å². The van der Waals surface area contributed by atoms with Crippen molar-refractivity contribution in [2.75, 3.05) is 20.3 Å². The third-order valence-electron chi connectivity index (χ3n) is 4.81. The average Bonchev–Trinajstić information content (AvgIpc) is 3.04. The van der Waals surface area contributed by atoms with Crippen molar-refractivity contribution in [2.24, 2.45) is 0 Å². The molecule has 0 spiro atoms. The van der Waals surface area contributed by atoms with E-state index < -0.39 is 0 Å². The van der Waals surface area contributed by atoms with Crippen molar-refractivity contribution in [1.82, 2.24) is 5.32 Å². The van der Waals surface area contributed by atoms with Gasteiger partial charge in [0, 0.05) is 12.6 Å². The molecule has 2 aliphatic carbocycles. The normalized spacial score (nSPS) is 22.2. The van der Waals surface area contributed by atoms with Gasteiger partial charge in [-0.15, -0.1) is 0 Å². The molecule has 3 heteroatoms. The van der Waals surface area contributed by atoms with Crippen molar-refractivity contribution < 1.29 is 9.47 Å². The van der Waals surface area contributed by atoms with E-state index in [0.717, 1.165) is 18.9 Å². The van der Waals surface area contributed by atoms with E-state index in [1.54, 1.807) is 7.11 Å². The summed E-state index contributed by atoms with van der Waals surface area (Å²) in [6, 6.07) is 6.97. The lowest BCUT2D eigenvalue weighted by molar-refractivity contribution is 0.0588. The Labute approximate surface area is 128 Å². The number of rotatable bonds is 6. The molecule has 3 nitrogen and oxygen atoms in total. The molecule has 3 rings (SSSR count). The van der Waals surface area contributed by atoms with Gasteiger partial charge >= 0.3 is 0 Å². The standard InChI is InChI=1S/C18H27NO2/c1-20-16-9-10-17-14(13-16)5-4-8-18(17)19-11-12-21-15-6-2-3-7-15/h9-10,13,15,18-19H,2-8,11-12H2,1H3. The van der Waals surface area contributed by atoms with E-state index in [1.807, 2.05) is 0 Å². The van der Waals surface area contributed by atoms with Crippen molar-refractivity contribution in [3.8, 4) is 5.75 Å². The number of ether oxygens (including phenoxy) is 2. The highest BCUT2D eigenvalue weighted by Crippen LogP contribution is 2.32. The fourth-order valence-electron chi connectivity index (χ4n) is 3.64. The van der Waals surface area contributed by atoms with Gasteiger partial charge in [-0.3, -0.25) is 0 Å². The van der Waals surface area contributed by atoms with Gasteiger partial charge in [0.1, 0.15) is 5.75 Å². The van der Waals surface area contributed by atoms with Gasteiger partial charge in [0.25, 0.3) is 0 Å². The zero-order valence-electron chi connectivity index (χ0n) is 13.1. The van der Waals surface area contributed by atoms with Gasteiger partial charge in [0.05, 0.1) is 19.8 Å². The van der Waals surface area contributed by atoms with Gasteiger partial charge in [-0.1, -0.05) is 18.9 Å². The van der Waals surface area contributed by atoms with E-state index in [4.69, 9.17) is 9.47 Å². The van der Waals surface area contributed by atoms with Gasteiger partial charge in [-0.05, 0) is 55.4 Å². The molecule has 1 unspecified atom stereocenters. The minimum atomic E-state index is 0.479. The summed E-state index contributed by atoms with van der Waals surface area (Å²) in [5, 5.41) is 3.67. The predicted molar refractivity (Wildman–Crippen MR) is 84.9 cm³/mol. The number of hydrogen-bond donors (Lipinski definition) is 1. The molecule has 0 heterocycles. The molecule has 1 aromatic carbocycles. The molecule has 1 atom stereocenters. The Kier molecular flexibility index (Phi) is 5.15. The summed E-state index contributed by atoms with van der Waals surface area (Å²) in [5.74, 6) is 0.971. The Morgan fingerprint density at radius 2 is 2.00 bits per heavy atom. The lowest BCUT2D eigenvalue weighted by atomic mass is 9.87. The first-order valence-electron chi connectivity index (χ1n) is 8.38. The second-order valence-electron chi connectivity index (χ2n) is 6.24. The van der Waals surface area contributed by atoms with Gasteiger partial charge in [0.15, 0.2) is 0 Å². The van der Waals surface area contributed by atoms with Gasteiger partial charge < -0.3 is 14.8 Å². The van der Waals surface area contributed by atoms with Crippen molar-refractivity contribution in [1.29, 1.82) is 0 Å². The van der Waals surface area contributed by atoms with Crippen LogP contribution in [-0.4, -0.2) is 26.4 Å². The molecule has 21 heavy (non-hydrogen) atoms. The summed E-state index contributed by atoms with van der Waals surface area (Å²) < 4.78 is 11.3. The molecule has 0 aromatic heterocycles. The second kappa shape index (κ2) is 7.28. The first-order chi connectivity index (χ1) is 10.4. The third-order valence-corrected chi connectivity index (χ3v) is 4.81. The van der Waals surface area contributed by atoms with Gasteiger partial charge in [-0.2, -0.15) is 0 Å². The molecule has 0 saturated heterocycles. The third kappa shape index (κ3) is 3.78. The van der Waals surface area contributed by atoms with Crippen LogP contribution < -0.4 is 10.1 Å². The zero-order valence-corrected chi connectivity index (χ0v) is 13.1. The molecule has 1 fully saturated rings. The molecule has 0 amide bonds. The first-order valence-corrected chi connectivity index (χ1v) is 8.38. The minimum Gasteiger partial charge on any atom is -0.497 e. The van der Waals surface area contributed by atoms with Gasteiger partial charge in [0.2, 0.25) is 0 Å². The van der Waals surface area contributed by atoms with E-state index in [9.17, 15) is 0 Å². The van der Waals surface area contributed by atoms with Crippen LogP contribution in [0, 0.1) is 0 Å². The topological polar surface area (TPSA) is 30.5 Å². The average molecular weight is 289 g/mol. The quantitative estimate of drug-likeness (QED) is 0.811. The number of nitrogens with one attached hydrogen (secondary N) is 1. The summed E-state index contributed by atoms with van der Waals surface area (Å²) in [5.41, 5.74) is 2.89. The van der Waals surface area contributed by atoms with Crippen LogP contribution in [0.4, 0.5) is 0 Å². The summed E-state index contributed by atoms with van der Waals surface area (Å²) in [6.45, 7) is 1.79. The Balaban J connectivity index is 1.50. The zero-order chi connectivity index (χ0) is 14.5. The van der Waals surface area contributed by atoms with Crippen molar-refractivity contribution in [3.63, 3.8) is 0 Å². The molecular formula is C18H27NO2. The molecule has 0 bridgehead atoms. The van der Waals surface area contributed by atoms with Crippen LogP contribution in [0.15, 0.2) is 18.2 Å². The SMILES string of the molecule is COc1ccc2c(c1)CCCC2NCCOC1CCCC1. The van der Waals surface area contributed by atoms with E-state index in [2.05, 4.69) is 23.5 Å². The summed E-state index contributed by atoms with van der Waals surface area (Å²) >= 11 is 0. The van der Waals surface area contributed by atoms with Crippen molar-refractivity contribution >= 4 is 0 Å². The minimum absolute atomic E-state index is 0.479. The largest absolute Gasteiger partial charge is 0.497 e. The molecule has 2 aliphatic rings. The summed E-state index contributed by atoms with van der Waals surface area (Å²) in [6.07, 6.45) is 9.37. The molecule has 1 N–H and O–H groups in total. The van der Waals surface area contributed by atoms with Crippen LogP contribution in [0.1, 0.15) is 55.7 Å². The van der Waals surface area contributed by atoms with Crippen molar-refractivity contribution in [3.05, 3.63) is 29.3 Å². The van der Waals surface area contributed by atoms with Gasteiger partial charge in [-0.25, -0.2) is 0 Å². The van der Waals surface area contributed by atoms with Crippen molar-refractivity contribution in [2.45, 2.75) is 57.1 Å². The smallest absolute Gasteiger partial charge is 0.119 e. The first kappa shape index (κ1) is 14.9.